The molecule has 3 aromatic carbocycles. The summed E-state index contributed by atoms with van der Waals surface area (Å²) in [4.78, 5) is 37.6. The summed E-state index contributed by atoms with van der Waals surface area (Å²) < 4.78 is 5.18. The quantitative estimate of drug-likeness (QED) is 0.409. The van der Waals surface area contributed by atoms with Crippen molar-refractivity contribution < 1.29 is 24.2 Å². The maximum absolute atomic E-state index is 13.5. The van der Waals surface area contributed by atoms with Crippen LogP contribution >= 0.6 is 0 Å². The van der Waals surface area contributed by atoms with Gasteiger partial charge in [0.15, 0.2) is 0 Å². The molecule has 6 nitrogen and oxygen atoms in total. The molecule has 0 aliphatic carbocycles. The molecule has 182 valence electrons. The van der Waals surface area contributed by atoms with E-state index >= 15 is 0 Å². The van der Waals surface area contributed by atoms with E-state index in [4.69, 9.17) is 4.74 Å². The SMILES string of the molecule is CC(C)(C)OC(=O)N[C@@H](CC(=O)CC(c1ccccc1)(c1ccccc1)c1ccccc1)C(=O)O. The summed E-state index contributed by atoms with van der Waals surface area (Å²) in [5, 5.41) is 12.0. The minimum absolute atomic E-state index is 0.0187. The maximum atomic E-state index is 13.5. The van der Waals surface area contributed by atoms with Crippen LogP contribution in [0.25, 0.3) is 0 Å². The monoisotopic (exact) mass is 473 g/mol. The second-order valence-electron chi connectivity index (χ2n) is 9.46. The third kappa shape index (κ3) is 6.57. The molecule has 0 aliphatic heterocycles. The summed E-state index contributed by atoms with van der Waals surface area (Å²) in [6.07, 6.45) is -1.23. The smallest absolute Gasteiger partial charge is 0.408 e. The van der Waals surface area contributed by atoms with Crippen LogP contribution in [0.15, 0.2) is 91.0 Å². The number of nitrogens with one attached hydrogen (secondary N) is 1. The lowest BCUT2D eigenvalue weighted by Gasteiger charge is -2.36. The molecule has 0 saturated heterocycles. The van der Waals surface area contributed by atoms with Gasteiger partial charge in [-0.2, -0.15) is 0 Å². The Labute approximate surface area is 206 Å². The minimum atomic E-state index is -1.41. The molecule has 0 aromatic heterocycles. The van der Waals surface area contributed by atoms with Gasteiger partial charge in [0.2, 0.25) is 0 Å². The van der Waals surface area contributed by atoms with Gasteiger partial charge in [-0.3, -0.25) is 4.79 Å². The Kier molecular flexibility index (Phi) is 8.07. The molecule has 3 rings (SSSR count). The van der Waals surface area contributed by atoms with E-state index in [0.29, 0.717) is 0 Å². The Morgan fingerprint density at radius 2 is 1.17 bits per heavy atom. The van der Waals surface area contributed by atoms with E-state index in [9.17, 15) is 19.5 Å². The predicted molar refractivity (Wildman–Crippen MR) is 134 cm³/mol. The molecule has 2 N–H and O–H groups in total. The zero-order valence-corrected chi connectivity index (χ0v) is 20.2. The Balaban J connectivity index is 2.00. The second-order valence-corrected chi connectivity index (χ2v) is 9.46. The van der Waals surface area contributed by atoms with Gasteiger partial charge < -0.3 is 15.2 Å². The van der Waals surface area contributed by atoms with Gasteiger partial charge in [-0.15, -0.1) is 0 Å². The van der Waals surface area contributed by atoms with Crippen molar-refractivity contribution in [1.29, 1.82) is 0 Å². The van der Waals surface area contributed by atoms with E-state index in [-0.39, 0.29) is 18.6 Å². The predicted octanol–water partition coefficient (Wildman–Crippen LogP) is 5.35. The highest BCUT2D eigenvalue weighted by Crippen LogP contribution is 2.42. The molecule has 35 heavy (non-hydrogen) atoms. The highest BCUT2D eigenvalue weighted by Gasteiger charge is 2.39. The number of amides is 1. The average molecular weight is 474 g/mol. The van der Waals surface area contributed by atoms with Gasteiger partial charge in [0.25, 0.3) is 0 Å². The number of carboxylic acids is 1. The number of hydrogen-bond donors (Lipinski definition) is 2. The van der Waals surface area contributed by atoms with Gasteiger partial charge in [0.05, 0.1) is 5.41 Å². The van der Waals surface area contributed by atoms with E-state index in [1.807, 2.05) is 91.0 Å². The van der Waals surface area contributed by atoms with Gasteiger partial charge >= 0.3 is 12.1 Å². The Hall–Kier alpha value is -3.93. The average Bonchev–Trinajstić information content (AvgIpc) is 2.82. The lowest BCUT2D eigenvalue weighted by Crippen LogP contribution is -2.45. The van der Waals surface area contributed by atoms with Crippen molar-refractivity contribution in [2.75, 3.05) is 0 Å². The van der Waals surface area contributed by atoms with Crippen molar-refractivity contribution >= 4 is 17.8 Å². The Morgan fingerprint density at radius 1 is 0.771 bits per heavy atom. The Morgan fingerprint density at radius 3 is 1.51 bits per heavy atom. The molecule has 1 amide bonds. The standard InChI is InChI=1S/C29H31NO5/c1-28(2,3)35-27(34)30-25(26(32)33)19-24(31)20-29(21-13-7-4-8-14-21,22-15-9-5-10-16-22)23-17-11-6-12-18-23/h4-18,25H,19-20H2,1-3H3,(H,30,34)(H,32,33)/t25-/m0/s1. The summed E-state index contributed by atoms with van der Waals surface area (Å²) in [5.74, 6) is -1.60. The lowest BCUT2D eigenvalue weighted by atomic mass is 9.66. The van der Waals surface area contributed by atoms with Crippen molar-refractivity contribution in [3.05, 3.63) is 108 Å². The fraction of sp³-hybridized carbons (Fsp3) is 0.276. The first-order chi connectivity index (χ1) is 16.6. The molecule has 0 aliphatic rings. The van der Waals surface area contributed by atoms with Crippen molar-refractivity contribution in [3.8, 4) is 0 Å². The summed E-state index contributed by atoms with van der Waals surface area (Å²) in [6, 6.07) is 27.7. The number of rotatable bonds is 9. The first kappa shape index (κ1) is 25.7. The van der Waals surface area contributed by atoms with Crippen LogP contribution in [0, 0.1) is 0 Å². The zero-order chi connectivity index (χ0) is 25.5. The third-order valence-corrected chi connectivity index (χ3v) is 5.68. The first-order valence-corrected chi connectivity index (χ1v) is 11.5. The molecule has 6 heteroatoms. The summed E-state index contributed by atoms with van der Waals surface area (Å²) in [6.45, 7) is 5.05. The number of benzene rings is 3. The van der Waals surface area contributed by atoms with Crippen molar-refractivity contribution in [2.45, 2.75) is 50.7 Å². The molecule has 0 heterocycles. The topological polar surface area (TPSA) is 92.7 Å². The molecule has 0 fully saturated rings. The van der Waals surface area contributed by atoms with Crippen LogP contribution < -0.4 is 5.32 Å². The third-order valence-electron chi connectivity index (χ3n) is 5.68. The molecule has 1 atom stereocenters. The van der Waals surface area contributed by atoms with Crippen molar-refractivity contribution in [2.24, 2.45) is 0 Å². The molecular formula is C29H31NO5. The van der Waals surface area contributed by atoms with E-state index < -0.39 is 29.1 Å². The highest BCUT2D eigenvalue weighted by atomic mass is 16.6. The van der Waals surface area contributed by atoms with Crippen LogP contribution in [-0.2, 0) is 19.7 Å². The number of carbonyl (C=O) groups excluding carboxylic acids is 2. The van der Waals surface area contributed by atoms with Crippen LogP contribution in [-0.4, -0.2) is 34.6 Å². The number of aliphatic carboxylic acids is 1. The summed E-state index contributed by atoms with van der Waals surface area (Å²) in [5.41, 5.74) is 1.11. The van der Waals surface area contributed by atoms with E-state index in [0.717, 1.165) is 16.7 Å². The number of Topliss-reactive ketones (excluding diaryl/α,β-unsaturated/α-hetero) is 1. The minimum Gasteiger partial charge on any atom is -0.480 e. The van der Waals surface area contributed by atoms with Crippen molar-refractivity contribution in [3.63, 3.8) is 0 Å². The van der Waals surface area contributed by atoms with E-state index in [1.54, 1.807) is 20.8 Å². The van der Waals surface area contributed by atoms with Gasteiger partial charge in [0.1, 0.15) is 17.4 Å². The molecule has 0 saturated carbocycles. The van der Waals surface area contributed by atoms with Crippen LogP contribution in [0.1, 0.15) is 50.3 Å². The molecular weight excluding hydrogens is 442 g/mol. The lowest BCUT2D eigenvalue weighted by molar-refractivity contribution is -0.141. The number of hydrogen-bond acceptors (Lipinski definition) is 4. The number of ether oxygens (including phenoxy) is 1. The second kappa shape index (κ2) is 11.0. The van der Waals surface area contributed by atoms with Gasteiger partial charge in [-0.05, 0) is 37.5 Å². The molecule has 0 bridgehead atoms. The number of alkyl carbamates (subject to hydrolysis) is 1. The highest BCUT2D eigenvalue weighted by molar-refractivity contribution is 5.89. The molecule has 0 spiro atoms. The van der Waals surface area contributed by atoms with Gasteiger partial charge in [-0.25, -0.2) is 9.59 Å². The molecule has 0 unspecified atom stereocenters. The van der Waals surface area contributed by atoms with Crippen LogP contribution in [0.3, 0.4) is 0 Å². The van der Waals surface area contributed by atoms with Crippen LogP contribution in [0.4, 0.5) is 4.79 Å². The van der Waals surface area contributed by atoms with E-state index in [1.165, 1.54) is 0 Å². The van der Waals surface area contributed by atoms with Crippen LogP contribution in [0.2, 0.25) is 0 Å². The van der Waals surface area contributed by atoms with E-state index in [2.05, 4.69) is 5.32 Å². The normalized spacial score (nSPS) is 12.4. The first-order valence-electron chi connectivity index (χ1n) is 11.5. The van der Waals surface area contributed by atoms with Gasteiger partial charge in [-0.1, -0.05) is 91.0 Å². The molecule has 0 radical (unpaired) electrons. The summed E-state index contributed by atoms with van der Waals surface area (Å²) >= 11 is 0. The Bertz CT molecular complexity index is 1040. The maximum Gasteiger partial charge on any atom is 0.408 e. The zero-order valence-electron chi connectivity index (χ0n) is 20.2. The summed E-state index contributed by atoms with van der Waals surface area (Å²) in [7, 11) is 0. The fourth-order valence-electron chi connectivity index (χ4n) is 4.22. The number of carbonyl (C=O) groups is 3. The molecule has 3 aromatic rings. The number of ketones is 1. The largest absolute Gasteiger partial charge is 0.480 e. The fourth-order valence-corrected chi connectivity index (χ4v) is 4.22. The van der Waals surface area contributed by atoms with Gasteiger partial charge in [0, 0.05) is 12.8 Å². The number of carboxylic acid groups (broad SMARTS) is 1. The van der Waals surface area contributed by atoms with Crippen molar-refractivity contribution in [1.82, 2.24) is 5.32 Å². The van der Waals surface area contributed by atoms with Crippen LogP contribution in [0.5, 0.6) is 0 Å².